The van der Waals surface area contributed by atoms with Gasteiger partial charge in [-0.15, -0.1) is 0 Å². The Kier molecular flexibility index (Phi) is 9.31. The monoisotopic (exact) mass is 557 g/mol. The SMILES string of the molecule is CCOc1cc(NC(=O)C(C(=O)NC)C2CCCC2)ccc1S(=O)(=O)Nc1cccc(OC(F)(F)P)c1. The average molecular weight is 558 g/mol. The van der Waals surface area contributed by atoms with Crippen molar-refractivity contribution in [1.29, 1.82) is 0 Å². The summed E-state index contributed by atoms with van der Waals surface area (Å²) in [7, 11) is -1.50. The molecule has 37 heavy (non-hydrogen) atoms. The fourth-order valence-electron chi connectivity index (χ4n) is 4.28. The standard InChI is InChI=1S/C24H30F2N3O6PS/c1-3-34-19-14-16(28-23(31)21(22(30)27-2)15-7-4-5-8-15)11-12-20(19)37(32,33)29-17-9-6-10-18(13-17)35-24(25,26)36/h6,9-15,21,29H,3-5,7-8,36H2,1-2H3,(H,27,30)(H,28,31). The first kappa shape index (κ1) is 28.6. The molecule has 3 rings (SSSR count). The summed E-state index contributed by atoms with van der Waals surface area (Å²) in [6.07, 6.45) is 3.46. The van der Waals surface area contributed by atoms with Gasteiger partial charge in [0.15, 0.2) is 0 Å². The summed E-state index contributed by atoms with van der Waals surface area (Å²) in [5, 5.41) is 5.25. The van der Waals surface area contributed by atoms with Crippen molar-refractivity contribution >= 4 is 42.5 Å². The van der Waals surface area contributed by atoms with Gasteiger partial charge in [-0.05, 0) is 59.2 Å². The molecule has 2 unspecified atom stereocenters. The van der Waals surface area contributed by atoms with Crippen molar-refractivity contribution in [2.24, 2.45) is 11.8 Å². The van der Waals surface area contributed by atoms with Crippen LogP contribution in [0.3, 0.4) is 0 Å². The molecular formula is C24H30F2N3O6PS. The minimum atomic E-state index is -4.22. The molecule has 2 aromatic carbocycles. The molecule has 202 valence electrons. The van der Waals surface area contributed by atoms with Gasteiger partial charge in [-0.2, -0.15) is 8.78 Å². The number of alkyl halides is 2. The largest absolute Gasteiger partial charge is 0.492 e. The van der Waals surface area contributed by atoms with Crippen LogP contribution in [0, 0.1) is 11.8 Å². The third kappa shape index (κ3) is 7.75. The van der Waals surface area contributed by atoms with Gasteiger partial charge in [0, 0.05) is 24.9 Å². The molecule has 1 fully saturated rings. The quantitative estimate of drug-likeness (QED) is 0.282. The van der Waals surface area contributed by atoms with E-state index in [9.17, 15) is 26.8 Å². The third-order valence-electron chi connectivity index (χ3n) is 5.82. The van der Waals surface area contributed by atoms with Crippen LogP contribution in [0.1, 0.15) is 32.6 Å². The number of halogens is 2. The van der Waals surface area contributed by atoms with Crippen LogP contribution in [0.2, 0.25) is 0 Å². The molecule has 0 spiro atoms. The second-order valence-electron chi connectivity index (χ2n) is 8.52. The summed E-state index contributed by atoms with van der Waals surface area (Å²) in [5.74, 6) is -5.58. The van der Waals surface area contributed by atoms with E-state index in [1.807, 2.05) is 0 Å². The van der Waals surface area contributed by atoms with Crippen molar-refractivity contribution in [2.75, 3.05) is 23.7 Å². The zero-order valence-electron chi connectivity index (χ0n) is 20.4. The van der Waals surface area contributed by atoms with Crippen molar-refractivity contribution in [2.45, 2.75) is 43.4 Å². The molecule has 9 nitrogen and oxygen atoms in total. The first-order valence-corrected chi connectivity index (χ1v) is 13.8. The molecule has 3 N–H and O–H groups in total. The molecule has 0 aromatic heterocycles. The van der Waals surface area contributed by atoms with Crippen molar-refractivity contribution in [3.63, 3.8) is 0 Å². The van der Waals surface area contributed by atoms with Crippen LogP contribution in [0.5, 0.6) is 11.5 Å². The molecule has 2 atom stereocenters. The normalized spacial score (nSPS) is 15.1. The summed E-state index contributed by atoms with van der Waals surface area (Å²) in [6.45, 7) is 1.80. The maximum Gasteiger partial charge on any atom is 0.408 e. The number of hydrogen-bond donors (Lipinski definition) is 3. The van der Waals surface area contributed by atoms with E-state index in [1.165, 1.54) is 52.7 Å². The zero-order valence-corrected chi connectivity index (χ0v) is 22.4. The third-order valence-corrected chi connectivity index (χ3v) is 7.36. The number of carbonyl (C=O) groups is 2. The molecule has 13 heteroatoms. The minimum Gasteiger partial charge on any atom is -0.492 e. The summed E-state index contributed by atoms with van der Waals surface area (Å²) in [6, 6.07) is 9.12. The van der Waals surface area contributed by atoms with Gasteiger partial charge in [0.2, 0.25) is 11.8 Å². The highest BCUT2D eigenvalue weighted by Crippen LogP contribution is 2.34. The van der Waals surface area contributed by atoms with Crippen molar-refractivity contribution in [3.8, 4) is 11.5 Å². The number of sulfonamides is 1. The topological polar surface area (TPSA) is 123 Å². The number of anilines is 2. The lowest BCUT2D eigenvalue weighted by Gasteiger charge is -2.21. The van der Waals surface area contributed by atoms with Crippen molar-refractivity contribution < 1.29 is 36.3 Å². The number of hydrogen-bond acceptors (Lipinski definition) is 6. The van der Waals surface area contributed by atoms with Gasteiger partial charge in [0.05, 0.1) is 12.3 Å². The van der Waals surface area contributed by atoms with E-state index >= 15 is 0 Å². The highest BCUT2D eigenvalue weighted by atomic mass is 32.2. The first-order valence-electron chi connectivity index (χ1n) is 11.7. The van der Waals surface area contributed by atoms with Crippen LogP contribution < -0.4 is 24.8 Å². The summed E-state index contributed by atoms with van der Waals surface area (Å²) in [5.41, 5.74) is 0.258. The van der Waals surface area contributed by atoms with Gasteiger partial charge >= 0.3 is 5.85 Å². The molecule has 0 heterocycles. The summed E-state index contributed by atoms with van der Waals surface area (Å²) in [4.78, 5) is 25.2. The fraction of sp³-hybridized carbons (Fsp3) is 0.417. The lowest BCUT2D eigenvalue weighted by molar-refractivity contribution is -0.134. The Morgan fingerprint density at radius 3 is 2.43 bits per heavy atom. The van der Waals surface area contributed by atoms with E-state index in [-0.39, 0.29) is 46.2 Å². The van der Waals surface area contributed by atoms with Gasteiger partial charge < -0.3 is 20.1 Å². The number of amides is 2. The second kappa shape index (κ2) is 12.0. The molecule has 2 amide bonds. The molecular weight excluding hydrogens is 527 g/mol. The molecule has 0 saturated heterocycles. The maximum absolute atomic E-state index is 13.1. The van der Waals surface area contributed by atoms with Crippen molar-refractivity contribution in [3.05, 3.63) is 42.5 Å². The molecule has 1 saturated carbocycles. The van der Waals surface area contributed by atoms with Crippen LogP contribution >= 0.6 is 9.24 Å². The predicted octanol–water partition coefficient (Wildman–Crippen LogP) is 4.18. The predicted molar refractivity (Wildman–Crippen MR) is 138 cm³/mol. The Balaban J connectivity index is 1.84. The number of carbonyl (C=O) groups excluding carboxylic acids is 2. The van der Waals surface area contributed by atoms with Crippen LogP contribution in [-0.4, -0.2) is 39.7 Å². The number of ether oxygens (including phenoxy) is 2. The Bertz CT molecular complexity index is 1230. The summed E-state index contributed by atoms with van der Waals surface area (Å²) < 4.78 is 64.8. The van der Waals surface area contributed by atoms with Crippen molar-refractivity contribution in [1.82, 2.24) is 5.32 Å². The summed E-state index contributed by atoms with van der Waals surface area (Å²) >= 11 is 0. The molecule has 1 aliphatic carbocycles. The molecule has 2 aromatic rings. The van der Waals surface area contributed by atoms with E-state index in [1.54, 1.807) is 6.92 Å². The lowest BCUT2D eigenvalue weighted by Crippen LogP contribution is -2.40. The molecule has 0 aliphatic heterocycles. The van der Waals surface area contributed by atoms with Gasteiger partial charge in [-0.3, -0.25) is 14.3 Å². The number of rotatable bonds is 11. The van der Waals surface area contributed by atoms with Crippen LogP contribution in [-0.2, 0) is 19.6 Å². The number of benzene rings is 2. The van der Waals surface area contributed by atoms with Gasteiger partial charge in [0.25, 0.3) is 10.0 Å². The van der Waals surface area contributed by atoms with E-state index in [0.29, 0.717) is 0 Å². The molecule has 0 bridgehead atoms. The lowest BCUT2D eigenvalue weighted by atomic mass is 9.89. The van der Waals surface area contributed by atoms with E-state index in [0.717, 1.165) is 31.7 Å². The van der Waals surface area contributed by atoms with Crippen LogP contribution in [0.15, 0.2) is 47.4 Å². The first-order chi connectivity index (χ1) is 17.4. The van der Waals surface area contributed by atoms with E-state index in [4.69, 9.17) is 4.74 Å². The second-order valence-corrected chi connectivity index (χ2v) is 10.8. The van der Waals surface area contributed by atoms with Gasteiger partial charge in [0.1, 0.15) is 22.3 Å². The van der Waals surface area contributed by atoms with E-state index in [2.05, 4.69) is 20.1 Å². The molecule has 0 radical (unpaired) electrons. The van der Waals surface area contributed by atoms with Crippen LogP contribution in [0.4, 0.5) is 20.2 Å². The number of nitrogens with one attached hydrogen (secondary N) is 3. The van der Waals surface area contributed by atoms with E-state index < -0.39 is 27.7 Å². The zero-order chi connectivity index (χ0) is 27.2. The Labute approximate surface area is 216 Å². The van der Waals surface area contributed by atoms with Gasteiger partial charge in [-0.25, -0.2) is 8.42 Å². The highest BCUT2D eigenvalue weighted by Gasteiger charge is 2.36. The Morgan fingerprint density at radius 2 is 1.81 bits per heavy atom. The Hall–Kier alpha value is -2.98. The maximum atomic E-state index is 13.1. The minimum absolute atomic E-state index is 0.00318. The fourth-order valence-corrected chi connectivity index (χ4v) is 5.59. The highest BCUT2D eigenvalue weighted by molar-refractivity contribution is 7.92. The smallest absolute Gasteiger partial charge is 0.408 e. The average Bonchev–Trinajstić information content (AvgIpc) is 3.32. The molecule has 1 aliphatic rings. The van der Waals surface area contributed by atoms with Gasteiger partial charge in [-0.1, -0.05) is 18.9 Å². The Morgan fingerprint density at radius 1 is 1.11 bits per heavy atom. The van der Waals surface area contributed by atoms with Crippen LogP contribution in [0.25, 0.3) is 0 Å².